The molecule has 1 aliphatic rings. The zero-order valence-electron chi connectivity index (χ0n) is 14.6. The molecule has 1 aromatic rings. The first kappa shape index (κ1) is 18.3. The highest BCUT2D eigenvalue weighted by Gasteiger charge is 2.39. The summed E-state index contributed by atoms with van der Waals surface area (Å²) in [6.07, 6.45) is 0.280. The van der Waals surface area contributed by atoms with Gasteiger partial charge in [-0.1, -0.05) is 13.3 Å². The van der Waals surface area contributed by atoms with Crippen LogP contribution in [0, 0.1) is 0 Å². The number of hydrogen-bond acceptors (Lipinski definition) is 6. The van der Waals surface area contributed by atoms with Crippen molar-refractivity contribution in [1.82, 2.24) is 0 Å². The van der Waals surface area contributed by atoms with Crippen molar-refractivity contribution in [2.45, 2.75) is 45.3 Å². The van der Waals surface area contributed by atoms with Crippen molar-refractivity contribution < 1.29 is 28.5 Å². The van der Waals surface area contributed by atoms with Crippen LogP contribution in [0.3, 0.4) is 0 Å². The van der Waals surface area contributed by atoms with Crippen molar-refractivity contribution in [3.05, 3.63) is 23.3 Å². The standard InChI is InChI=1S/C18H24O6/c1-5-7-13-16-11(21-3)8-9-12(22-4)17(16)18(20)14(24-13)10-15(19)23-6-2/h8-9,13-14H,5-7,10H2,1-4H3/t13-,14-/m1/s1. The summed E-state index contributed by atoms with van der Waals surface area (Å²) in [5.41, 5.74) is 1.14. The van der Waals surface area contributed by atoms with Gasteiger partial charge < -0.3 is 18.9 Å². The normalized spacial score (nSPS) is 19.6. The van der Waals surface area contributed by atoms with Gasteiger partial charge in [0.25, 0.3) is 0 Å². The molecule has 24 heavy (non-hydrogen) atoms. The SMILES string of the molecule is CCC[C@H]1O[C@H](CC(=O)OCC)C(=O)c2c(OC)ccc(OC)c21. The molecule has 132 valence electrons. The minimum absolute atomic E-state index is 0.104. The lowest BCUT2D eigenvalue weighted by molar-refractivity contribution is -0.146. The van der Waals surface area contributed by atoms with Crippen molar-refractivity contribution in [1.29, 1.82) is 0 Å². The van der Waals surface area contributed by atoms with E-state index in [1.54, 1.807) is 26.2 Å². The maximum Gasteiger partial charge on any atom is 0.308 e. The first-order valence-corrected chi connectivity index (χ1v) is 8.17. The van der Waals surface area contributed by atoms with Gasteiger partial charge in [-0.05, 0) is 25.5 Å². The average molecular weight is 336 g/mol. The molecule has 0 aliphatic carbocycles. The summed E-state index contributed by atoms with van der Waals surface area (Å²) >= 11 is 0. The maximum absolute atomic E-state index is 12.9. The third-order valence-corrected chi connectivity index (χ3v) is 4.00. The van der Waals surface area contributed by atoms with E-state index in [2.05, 4.69) is 0 Å². The van der Waals surface area contributed by atoms with E-state index in [-0.39, 0.29) is 24.9 Å². The monoisotopic (exact) mass is 336 g/mol. The number of esters is 1. The molecule has 0 fully saturated rings. The zero-order chi connectivity index (χ0) is 17.7. The second-order valence-corrected chi connectivity index (χ2v) is 5.53. The van der Waals surface area contributed by atoms with Crippen LogP contribution < -0.4 is 9.47 Å². The number of fused-ring (bicyclic) bond motifs is 1. The summed E-state index contributed by atoms with van der Waals surface area (Å²) in [5, 5.41) is 0. The summed E-state index contributed by atoms with van der Waals surface area (Å²) in [6, 6.07) is 3.47. The quantitative estimate of drug-likeness (QED) is 0.713. The number of rotatable bonds is 7. The first-order chi connectivity index (χ1) is 11.6. The molecule has 0 saturated heterocycles. The second kappa shape index (κ2) is 8.15. The Bertz CT molecular complexity index is 610. The predicted octanol–water partition coefficient (Wildman–Crippen LogP) is 3.08. The number of ether oxygens (including phenoxy) is 4. The van der Waals surface area contributed by atoms with Crippen LogP contribution in [-0.2, 0) is 14.3 Å². The van der Waals surface area contributed by atoms with E-state index in [1.165, 1.54) is 7.11 Å². The van der Waals surface area contributed by atoms with Crippen molar-refractivity contribution in [3.8, 4) is 11.5 Å². The molecular weight excluding hydrogens is 312 g/mol. The Morgan fingerprint density at radius 3 is 2.38 bits per heavy atom. The largest absolute Gasteiger partial charge is 0.496 e. The zero-order valence-corrected chi connectivity index (χ0v) is 14.6. The van der Waals surface area contributed by atoms with Gasteiger partial charge in [-0.25, -0.2) is 0 Å². The molecule has 1 heterocycles. The summed E-state index contributed by atoms with van der Waals surface area (Å²) < 4.78 is 21.7. The predicted molar refractivity (Wildman–Crippen MR) is 87.6 cm³/mol. The van der Waals surface area contributed by atoms with Crippen LogP contribution in [0.25, 0.3) is 0 Å². The lowest BCUT2D eigenvalue weighted by Gasteiger charge is -2.32. The van der Waals surface area contributed by atoms with Gasteiger partial charge in [-0.15, -0.1) is 0 Å². The van der Waals surface area contributed by atoms with Gasteiger partial charge in [-0.2, -0.15) is 0 Å². The van der Waals surface area contributed by atoms with Crippen molar-refractivity contribution in [2.24, 2.45) is 0 Å². The van der Waals surface area contributed by atoms with E-state index in [4.69, 9.17) is 18.9 Å². The van der Waals surface area contributed by atoms with Gasteiger partial charge in [0.05, 0.1) is 38.9 Å². The Morgan fingerprint density at radius 2 is 1.79 bits per heavy atom. The molecule has 2 atom stereocenters. The Kier molecular flexibility index (Phi) is 6.20. The minimum Gasteiger partial charge on any atom is -0.496 e. The fourth-order valence-electron chi connectivity index (χ4n) is 2.98. The fraction of sp³-hybridized carbons (Fsp3) is 0.556. The molecule has 1 aromatic carbocycles. The highest BCUT2D eigenvalue weighted by molar-refractivity contribution is 6.06. The molecular formula is C18H24O6. The van der Waals surface area contributed by atoms with E-state index in [1.807, 2.05) is 6.92 Å². The van der Waals surface area contributed by atoms with Gasteiger partial charge in [0, 0.05) is 5.56 Å². The highest BCUT2D eigenvalue weighted by atomic mass is 16.5. The molecule has 1 aliphatic heterocycles. The number of hydrogen-bond donors (Lipinski definition) is 0. The summed E-state index contributed by atoms with van der Waals surface area (Å²) in [5.74, 6) is 0.332. The smallest absolute Gasteiger partial charge is 0.308 e. The molecule has 6 nitrogen and oxygen atoms in total. The fourth-order valence-corrected chi connectivity index (χ4v) is 2.98. The number of benzene rings is 1. The van der Waals surface area contributed by atoms with Crippen LogP contribution in [0.1, 0.15) is 55.1 Å². The molecule has 0 aromatic heterocycles. The maximum atomic E-state index is 12.9. The number of carbonyl (C=O) groups is 2. The molecule has 0 unspecified atom stereocenters. The Labute approximate surface area is 142 Å². The third-order valence-electron chi connectivity index (χ3n) is 4.00. The molecule has 0 radical (unpaired) electrons. The molecule has 0 bridgehead atoms. The third kappa shape index (κ3) is 3.53. The van der Waals surface area contributed by atoms with Gasteiger partial charge in [0.2, 0.25) is 0 Å². The van der Waals surface area contributed by atoms with Gasteiger partial charge >= 0.3 is 5.97 Å². The van der Waals surface area contributed by atoms with Gasteiger partial charge in [-0.3, -0.25) is 9.59 Å². The number of Topliss-reactive ketones (excluding diaryl/α,β-unsaturated/α-hetero) is 1. The van der Waals surface area contributed by atoms with Crippen LogP contribution in [0.4, 0.5) is 0 Å². The molecule has 2 rings (SSSR count). The lowest BCUT2D eigenvalue weighted by Crippen LogP contribution is -2.35. The van der Waals surface area contributed by atoms with Crippen molar-refractivity contribution in [3.63, 3.8) is 0 Å². The van der Waals surface area contributed by atoms with Gasteiger partial charge in [0.1, 0.15) is 17.6 Å². The van der Waals surface area contributed by atoms with E-state index >= 15 is 0 Å². The Hall–Kier alpha value is -2.08. The number of ketones is 1. The van der Waals surface area contributed by atoms with Crippen molar-refractivity contribution in [2.75, 3.05) is 20.8 Å². The van der Waals surface area contributed by atoms with Crippen LogP contribution in [0.2, 0.25) is 0 Å². The van der Waals surface area contributed by atoms with Crippen LogP contribution in [0.15, 0.2) is 12.1 Å². The molecule has 0 spiro atoms. The van der Waals surface area contributed by atoms with E-state index in [9.17, 15) is 9.59 Å². The number of carbonyl (C=O) groups excluding carboxylic acids is 2. The Balaban J connectivity index is 2.47. The van der Waals surface area contributed by atoms with Crippen LogP contribution >= 0.6 is 0 Å². The molecule has 0 amide bonds. The number of methoxy groups -OCH3 is 2. The molecule has 0 N–H and O–H groups in total. The lowest BCUT2D eigenvalue weighted by atomic mass is 9.88. The average Bonchev–Trinajstić information content (AvgIpc) is 2.58. The highest BCUT2D eigenvalue weighted by Crippen LogP contribution is 2.43. The molecule has 0 saturated carbocycles. The minimum atomic E-state index is -0.867. The second-order valence-electron chi connectivity index (χ2n) is 5.53. The van der Waals surface area contributed by atoms with Crippen molar-refractivity contribution >= 4 is 11.8 Å². The van der Waals surface area contributed by atoms with E-state index in [0.717, 1.165) is 6.42 Å². The summed E-state index contributed by atoms with van der Waals surface area (Å²) in [7, 11) is 3.07. The molecule has 6 heteroatoms. The van der Waals surface area contributed by atoms with Crippen LogP contribution in [0.5, 0.6) is 11.5 Å². The van der Waals surface area contributed by atoms with E-state index in [0.29, 0.717) is 29.0 Å². The van der Waals surface area contributed by atoms with E-state index < -0.39 is 12.1 Å². The van der Waals surface area contributed by atoms with Gasteiger partial charge in [0.15, 0.2) is 5.78 Å². The Morgan fingerprint density at radius 1 is 1.12 bits per heavy atom. The summed E-state index contributed by atoms with van der Waals surface area (Å²) in [4.78, 5) is 24.7. The first-order valence-electron chi connectivity index (χ1n) is 8.17. The summed E-state index contributed by atoms with van der Waals surface area (Å²) in [6.45, 7) is 4.03. The topological polar surface area (TPSA) is 71.1 Å². The van der Waals surface area contributed by atoms with Crippen LogP contribution in [-0.4, -0.2) is 38.7 Å².